The van der Waals surface area contributed by atoms with E-state index in [0.717, 1.165) is 12.8 Å². The fourth-order valence-corrected chi connectivity index (χ4v) is 2.33. The van der Waals surface area contributed by atoms with Gasteiger partial charge in [-0.25, -0.2) is 0 Å². The highest BCUT2D eigenvalue weighted by atomic mass is 35.5. The van der Waals surface area contributed by atoms with Gasteiger partial charge >= 0.3 is 0 Å². The lowest BCUT2D eigenvalue weighted by Crippen LogP contribution is -2.17. The number of nitrogens with two attached hydrogens (primary N) is 1. The fraction of sp³-hybridized carbons (Fsp3) is 0.500. The smallest absolute Gasteiger partial charge is 0.226 e. The summed E-state index contributed by atoms with van der Waals surface area (Å²) in [7, 11) is 0. The van der Waals surface area contributed by atoms with Crippen LogP contribution in [-0.2, 0) is 9.53 Å². The van der Waals surface area contributed by atoms with Crippen LogP contribution in [0.3, 0.4) is 0 Å². The third-order valence-corrected chi connectivity index (χ3v) is 3.29. The maximum Gasteiger partial charge on any atom is 0.226 e. The second kappa shape index (κ2) is 8.35. The first-order chi connectivity index (χ1) is 9.43. The van der Waals surface area contributed by atoms with Gasteiger partial charge in [0.2, 0.25) is 5.91 Å². The van der Waals surface area contributed by atoms with Crippen molar-refractivity contribution in [3.63, 3.8) is 0 Å². The fourth-order valence-electron chi connectivity index (χ4n) is 1.77. The summed E-state index contributed by atoms with van der Waals surface area (Å²) in [6.07, 6.45) is 2.46. The Hall–Kier alpha value is -0.970. The summed E-state index contributed by atoms with van der Waals surface area (Å²) in [4.78, 5) is 11.8. The molecule has 4 nitrogen and oxygen atoms in total. The van der Waals surface area contributed by atoms with Gasteiger partial charge in [-0.3, -0.25) is 4.79 Å². The Morgan fingerprint density at radius 1 is 1.45 bits per heavy atom. The minimum Gasteiger partial charge on any atom is -0.397 e. The minimum absolute atomic E-state index is 0.164. The highest BCUT2D eigenvalue weighted by molar-refractivity contribution is 6.37. The molecule has 20 heavy (non-hydrogen) atoms. The Morgan fingerprint density at radius 3 is 2.75 bits per heavy atom. The minimum atomic E-state index is -0.190. The number of benzene rings is 1. The van der Waals surface area contributed by atoms with Gasteiger partial charge < -0.3 is 15.8 Å². The standard InChI is InChI=1S/C14H20Cl2N2O2/c1-3-4-9(2)20-6-5-13(19)18-14-11(16)7-10(15)8-12(14)17/h7-9H,3-6,17H2,1-2H3,(H,18,19). The van der Waals surface area contributed by atoms with E-state index in [0.29, 0.717) is 28.0 Å². The SMILES string of the molecule is CCCC(C)OCCC(=O)Nc1c(N)cc(Cl)cc1Cl. The average Bonchev–Trinajstić information content (AvgIpc) is 2.34. The highest BCUT2D eigenvalue weighted by Crippen LogP contribution is 2.32. The van der Waals surface area contributed by atoms with Crippen LogP contribution in [0.25, 0.3) is 0 Å². The van der Waals surface area contributed by atoms with E-state index < -0.39 is 0 Å². The molecule has 0 saturated carbocycles. The van der Waals surface area contributed by atoms with Gasteiger partial charge in [-0.2, -0.15) is 0 Å². The van der Waals surface area contributed by atoms with E-state index in [1.54, 1.807) is 6.07 Å². The number of hydrogen-bond donors (Lipinski definition) is 2. The lowest BCUT2D eigenvalue weighted by atomic mass is 10.2. The van der Waals surface area contributed by atoms with Gasteiger partial charge in [0.25, 0.3) is 0 Å². The molecule has 1 amide bonds. The summed E-state index contributed by atoms with van der Waals surface area (Å²) in [5.41, 5.74) is 6.51. The molecule has 0 spiro atoms. The van der Waals surface area contributed by atoms with Crippen molar-refractivity contribution in [2.24, 2.45) is 0 Å². The molecule has 0 aliphatic heterocycles. The normalized spacial score (nSPS) is 12.2. The van der Waals surface area contributed by atoms with Crippen LogP contribution in [0.5, 0.6) is 0 Å². The first kappa shape index (κ1) is 17.1. The Morgan fingerprint density at radius 2 is 2.15 bits per heavy atom. The zero-order valence-corrected chi connectivity index (χ0v) is 13.2. The van der Waals surface area contributed by atoms with Crippen LogP contribution in [0.15, 0.2) is 12.1 Å². The van der Waals surface area contributed by atoms with E-state index in [1.165, 1.54) is 6.07 Å². The molecule has 6 heteroatoms. The zero-order valence-electron chi connectivity index (χ0n) is 11.7. The number of carbonyl (C=O) groups excluding carboxylic acids is 1. The van der Waals surface area contributed by atoms with Gasteiger partial charge in [0.05, 0.1) is 35.5 Å². The van der Waals surface area contributed by atoms with Crippen LogP contribution >= 0.6 is 23.2 Å². The molecule has 0 aliphatic rings. The van der Waals surface area contributed by atoms with Crippen molar-refractivity contribution in [3.05, 3.63) is 22.2 Å². The number of hydrogen-bond acceptors (Lipinski definition) is 3. The Bertz CT molecular complexity index is 443. The molecule has 112 valence electrons. The number of rotatable bonds is 7. The number of nitrogens with one attached hydrogen (secondary N) is 1. The molecule has 0 bridgehead atoms. The predicted octanol–water partition coefficient (Wildman–Crippen LogP) is 4.11. The van der Waals surface area contributed by atoms with Crippen LogP contribution in [0, 0.1) is 0 Å². The molecule has 0 saturated heterocycles. The van der Waals surface area contributed by atoms with Crippen LogP contribution in [-0.4, -0.2) is 18.6 Å². The van der Waals surface area contributed by atoms with E-state index in [1.807, 2.05) is 6.92 Å². The van der Waals surface area contributed by atoms with Gasteiger partial charge in [0.15, 0.2) is 0 Å². The monoisotopic (exact) mass is 318 g/mol. The largest absolute Gasteiger partial charge is 0.397 e. The van der Waals surface area contributed by atoms with Gasteiger partial charge in [0, 0.05) is 5.02 Å². The molecule has 3 N–H and O–H groups in total. The molecule has 0 aliphatic carbocycles. The van der Waals surface area contributed by atoms with Gasteiger partial charge in [0.1, 0.15) is 0 Å². The lowest BCUT2D eigenvalue weighted by Gasteiger charge is -2.13. The van der Waals surface area contributed by atoms with Crippen molar-refractivity contribution in [3.8, 4) is 0 Å². The van der Waals surface area contributed by atoms with E-state index in [4.69, 9.17) is 33.7 Å². The van der Waals surface area contributed by atoms with Gasteiger partial charge in [-0.15, -0.1) is 0 Å². The van der Waals surface area contributed by atoms with Crippen molar-refractivity contribution in [1.82, 2.24) is 0 Å². The number of ether oxygens (including phenoxy) is 1. The number of anilines is 2. The first-order valence-corrected chi connectivity index (χ1v) is 7.35. The van der Waals surface area contributed by atoms with Crippen molar-refractivity contribution in [2.45, 2.75) is 39.2 Å². The Kier molecular flexibility index (Phi) is 7.13. The maximum atomic E-state index is 11.8. The summed E-state index contributed by atoms with van der Waals surface area (Å²) in [5.74, 6) is -0.190. The molecule has 1 aromatic rings. The Labute approximate surface area is 129 Å². The number of nitrogen functional groups attached to an aromatic ring is 1. The molecule has 1 atom stereocenters. The topological polar surface area (TPSA) is 64.3 Å². The van der Waals surface area contributed by atoms with E-state index in [2.05, 4.69) is 12.2 Å². The molecule has 0 aromatic heterocycles. The summed E-state index contributed by atoms with van der Waals surface area (Å²) >= 11 is 11.8. The summed E-state index contributed by atoms with van der Waals surface area (Å²) in [6, 6.07) is 3.08. The van der Waals surface area contributed by atoms with Crippen LogP contribution in [0.1, 0.15) is 33.1 Å². The number of carbonyl (C=O) groups is 1. The van der Waals surface area contributed by atoms with Crippen LogP contribution in [0.4, 0.5) is 11.4 Å². The molecule has 0 heterocycles. The third kappa shape index (κ3) is 5.57. The Balaban J connectivity index is 2.47. The number of amides is 1. The highest BCUT2D eigenvalue weighted by Gasteiger charge is 2.11. The van der Waals surface area contributed by atoms with Crippen molar-refractivity contribution in [1.29, 1.82) is 0 Å². The molecule has 0 radical (unpaired) electrons. The van der Waals surface area contributed by atoms with E-state index >= 15 is 0 Å². The molecular weight excluding hydrogens is 299 g/mol. The van der Waals surface area contributed by atoms with E-state index in [-0.39, 0.29) is 18.4 Å². The van der Waals surface area contributed by atoms with Crippen LogP contribution in [0.2, 0.25) is 10.0 Å². The van der Waals surface area contributed by atoms with Gasteiger partial charge in [-0.1, -0.05) is 36.5 Å². The predicted molar refractivity (Wildman–Crippen MR) is 84.4 cm³/mol. The van der Waals surface area contributed by atoms with Crippen LogP contribution < -0.4 is 11.1 Å². The first-order valence-electron chi connectivity index (χ1n) is 6.60. The summed E-state index contributed by atoms with van der Waals surface area (Å²) in [6.45, 7) is 4.46. The van der Waals surface area contributed by atoms with Crippen molar-refractivity contribution < 1.29 is 9.53 Å². The van der Waals surface area contributed by atoms with E-state index in [9.17, 15) is 4.79 Å². The second-order valence-electron chi connectivity index (χ2n) is 4.62. The van der Waals surface area contributed by atoms with Crippen molar-refractivity contribution in [2.75, 3.05) is 17.7 Å². The molecule has 1 aromatic carbocycles. The summed E-state index contributed by atoms with van der Waals surface area (Å²) in [5, 5.41) is 3.43. The average molecular weight is 319 g/mol. The second-order valence-corrected chi connectivity index (χ2v) is 5.46. The molecular formula is C14H20Cl2N2O2. The van der Waals surface area contributed by atoms with Crippen molar-refractivity contribution >= 4 is 40.5 Å². The molecule has 1 unspecified atom stereocenters. The lowest BCUT2D eigenvalue weighted by molar-refractivity contribution is -0.117. The molecule has 0 fully saturated rings. The zero-order chi connectivity index (χ0) is 15.1. The number of halogens is 2. The summed E-state index contributed by atoms with van der Waals surface area (Å²) < 4.78 is 5.52. The van der Waals surface area contributed by atoms with Gasteiger partial charge in [-0.05, 0) is 25.5 Å². The molecule has 1 rings (SSSR count). The quantitative estimate of drug-likeness (QED) is 0.743. The third-order valence-electron chi connectivity index (χ3n) is 2.78. The maximum absolute atomic E-state index is 11.8.